The van der Waals surface area contributed by atoms with E-state index >= 15 is 0 Å². The lowest BCUT2D eigenvalue weighted by molar-refractivity contribution is 0.314. The van der Waals surface area contributed by atoms with Gasteiger partial charge in [0.25, 0.3) is 0 Å². The molecule has 0 aliphatic carbocycles. The molecule has 1 N–H and O–H groups in total. The van der Waals surface area contributed by atoms with Crippen molar-refractivity contribution in [1.82, 2.24) is 5.32 Å². The second-order valence-electron chi connectivity index (χ2n) is 4.32. The predicted molar refractivity (Wildman–Crippen MR) is 55.9 cm³/mol. The number of furan rings is 1. The van der Waals surface area contributed by atoms with Gasteiger partial charge in [0, 0.05) is 23.6 Å². The topological polar surface area (TPSA) is 25.2 Å². The molecule has 3 heteroatoms. The fourth-order valence-electron chi connectivity index (χ4n) is 1.82. The van der Waals surface area contributed by atoms with E-state index in [9.17, 15) is 0 Å². The van der Waals surface area contributed by atoms with Crippen LogP contribution in [0.15, 0.2) is 15.2 Å². The lowest BCUT2D eigenvalue weighted by Crippen LogP contribution is -2.39. The van der Waals surface area contributed by atoms with Crippen molar-refractivity contribution < 1.29 is 4.42 Å². The maximum atomic E-state index is 5.67. The van der Waals surface area contributed by atoms with Gasteiger partial charge in [-0.2, -0.15) is 0 Å². The molecule has 2 heterocycles. The number of halogens is 1. The van der Waals surface area contributed by atoms with Crippen molar-refractivity contribution in [1.29, 1.82) is 0 Å². The second kappa shape index (κ2) is 2.85. The number of nitrogens with one attached hydrogen (secondary N) is 1. The van der Waals surface area contributed by atoms with Gasteiger partial charge in [0.2, 0.25) is 0 Å². The van der Waals surface area contributed by atoms with E-state index in [2.05, 4.69) is 48.1 Å². The Kier molecular flexibility index (Phi) is 2.04. The molecule has 0 fully saturated rings. The van der Waals surface area contributed by atoms with Crippen molar-refractivity contribution in [2.45, 2.75) is 32.2 Å². The Labute approximate surface area is 86.8 Å². The smallest absolute Gasteiger partial charge is 0.169 e. The van der Waals surface area contributed by atoms with Crippen LogP contribution in [0.4, 0.5) is 0 Å². The number of hydrogen-bond acceptors (Lipinski definition) is 2. The highest BCUT2D eigenvalue weighted by Gasteiger charge is 2.34. The molecule has 1 aromatic heterocycles. The molecule has 0 radical (unpaired) electrons. The molecule has 1 aliphatic rings. The van der Waals surface area contributed by atoms with E-state index in [-0.39, 0.29) is 5.41 Å². The Morgan fingerprint density at radius 3 is 2.92 bits per heavy atom. The molecular formula is C10H14BrNO. The molecule has 0 bridgehead atoms. The summed E-state index contributed by atoms with van der Waals surface area (Å²) in [5.74, 6) is 1.12. The van der Waals surface area contributed by atoms with Crippen molar-refractivity contribution in [2.24, 2.45) is 0 Å². The Morgan fingerprint density at radius 1 is 1.62 bits per heavy atom. The van der Waals surface area contributed by atoms with Gasteiger partial charge in [0.05, 0.1) is 0 Å². The van der Waals surface area contributed by atoms with Crippen LogP contribution >= 0.6 is 15.9 Å². The fourth-order valence-corrected chi connectivity index (χ4v) is 2.23. The van der Waals surface area contributed by atoms with Crippen LogP contribution in [-0.4, -0.2) is 6.54 Å². The summed E-state index contributed by atoms with van der Waals surface area (Å²) in [4.78, 5) is 0. The van der Waals surface area contributed by atoms with Crippen LogP contribution in [0.2, 0.25) is 0 Å². The van der Waals surface area contributed by atoms with Crippen molar-refractivity contribution in [3.63, 3.8) is 0 Å². The quantitative estimate of drug-likeness (QED) is 0.758. The summed E-state index contributed by atoms with van der Waals surface area (Å²) in [6.07, 6.45) is 0. The average Bonchev–Trinajstić information content (AvgIpc) is 2.42. The van der Waals surface area contributed by atoms with Gasteiger partial charge < -0.3 is 9.73 Å². The first-order valence-corrected chi connectivity index (χ1v) is 5.33. The summed E-state index contributed by atoms with van der Waals surface area (Å²) in [6.45, 7) is 7.53. The lowest BCUT2D eigenvalue weighted by Gasteiger charge is -2.32. The number of fused-ring (bicyclic) bond motifs is 1. The zero-order valence-corrected chi connectivity index (χ0v) is 9.73. The zero-order chi connectivity index (χ0) is 9.64. The lowest BCUT2D eigenvalue weighted by atomic mass is 9.83. The predicted octanol–water partition coefficient (Wildman–Crippen LogP) is 2.98. The minimum atomic E-state index is 0.105. The molecule has 1 atom stereocenters. The van der Waals surface area contributed by atoms with Gasteiger partial charge in [0.1, 0.15) is 5.76 Å². The van der Waals surface area contributed by atoms with E-state index in [1.165, 1.54) is 5.56 Å². The Balaban J connectivity index is 2.54. The highest BCUT2D eigenvalue weighted by molar-refractivity contribution is 9.10. The van der Waals surface area contributed by atoms with Crippen LogP contribution in [0.1, 0.15) is 38.1 Å². The van der Waals surface area contributed by atoms with Crippen molar-refractivity contribution in [2.75, 3.05) is 6.54 Å². The molecule has 0 amide bonds. The summed E-state index contributed by atoms with van der Waals surface area (Å²) in [5, 5.41) is 3.46. The SMILES string of the molecule is CC1NCC(C)(C)c2oc(Br)cc21. The molecule has 0 saturated heterocycles. The number of rotatable bonds is 0. The van der Waals surface area contributed by atoms with Crippen LogP contribution in [0, 0.1) is 0 Å². The molecule has 72 valence electrons. The Hall–Kier alpha value is -0.280. The standard InChI is InChI=1S/C10H14BrNO/c1-6-7-4-8(11)13-9(7)10(2,3)5-12-6/h4,6,12H,5H2,1-3H3. The third-order valence-corrected chi connectivity index (χ3v) is 3.05. The molecule has 0 spiro atoms. The summed E-state index contributed by atoms with van der Waals surface area (Å²) >= 11 is 3.38. The van der Waals surface area contributed by atoms with Crippen molar-refractivity contribution in [3.05, 3.63) is 22.1 Å². The van der Waals surface area contributed by atoms with Crippen LogP contribution in [0.5, 0.6) is 0 Å². The number of hydrogen-bond donors (Lipinski definition) is 1. The van der Waals surface area contributed by atoms with Crippen LogP contribution in [0.25, 0.3) is 0 Å². The van der Waals surface area contributed by atoms with Crippen molar-refractivity contribution in [3.8, 4) is 0 Å². The van der Waals surface area contributed by atoms with Gasteiger partial charge in [-0.15, -0.1) is 0 Å². The van der Waals surface area contributed by atoms with Gasteiger partial charge in [-0.05, 0) is 28.9 Å². The summed E-state index contributed by atoms with van der Waals surface area (Å²) in [5.41, 5.74) is 1.39. The highest BCUT2D eigenvalue weighted by Crippen LogP contribution is 2.37. The summed E-state index contributed by atoms with van der Waals surface area (Å²) < 4.78 is 6.50. The minimum Gasteiger partial charge on any atom is -0.453 e. The Morgan fingerprint density at radius 2 is 2.31 bits per heavy atom. The third-order valence-electron chi connectivity index (χ3n) is 2.66. The molecule has 2 rings (SSSR count). The zero-order valence-electron chi connectivity index (χ0n) is 8.15. The van der Waals surface area contributed by atoms with Crippen LogP contribution < -0.4 is 5.32 Å². The van der Waals surface area contributed by atoms with Gasteiger partial charge in [-0.1, -0.05) is 13.8 Å². The van der Waals surface area contributed by atoms with E-state index in [0.29, 0.717) is 6.04 Å². The van der Waals surface area contributed by atoms with Crippen molar-refractivity contribution >= 4 is 15.9 Å². The maximum Gasteiger partial charge on any atom is 0.169 e. The molecule has 13 heavy (non-hydrogen) atoms. The minimum absolute atomic E-state index is 0.105. The normalized spacial score (nSPS) is 25.7. The van der Waals surface area contributed by atoms with E-state index in [1.54, 1.807) is 0 Å². The van der Waals surface area contributed by atoms with E-state index < -0.39 is 0 Å². The average molecular weight is 244 g/mol. The second-order valence-corrected chi connectivity index (χ2v) is 5.10. The molecule has 0 saturated carbocycles. The Bertz CT molecular complexity index is 330. The molecule has 0 aromatic carbocycles. The molecule has 2 nitrogen and oxygen atoms in total. The summed E-state index contributed by atoms with van der Waals surface area (Å²) in [7, 11) is 0. The molecule has 1 aromatic rings. The van der Waals surface area contributed by atoms with Crippen LogP contribution in [-0.2, 0) is 5.41 Å². The third kappa shape index (κ3) is 1.44. The van der Waals surface area contributed by atoms with Gasteiger partial charge in [0.15, 0.2) is 4.67 Å². The van der Waals surface area contributed by atoms with E-state index in [1.807, 2.05) is 0 Å². The van der Waals surface area contributed by atoms with Gasteiger partial charge in [-0.3, -0.25) is 0 Å². The largest absolute Gasteiger partial charge is 0.453 e. The maximum absolute atomic E-state index is 5.67. The van der Waals surface area contributed by atoms with Gasteiger partial charge in [-0.25, -0.2) is 0 Å². The molecule has 1 aliphatic heterocycles. The van der Waals surface area contributed by atoms with E-state index in [4.69, 9.17) is 4.42 Å². The monoisotopic (exact) mass is 243 g/mol. The molecular weight excluding hydrogens is 230 g/mol. The highest BCUT2D eigenvalue weighted by atomic mass is 79.9. The molecule has 1 unspecified atom stereocenters. The van der Waals surface area contributed by atoms with E-state index in [0.717, 1.165) is 17.0 Å². The first kappa shape index (κ1) is 9.28. The van der Waals surface area contributed by atoms with Crippen LogP contribution in [0.3, 0.4) is 0 Å². The summed E-state index contributed by atoms with van der Waals surface area (Å²) in [6, 6.07) is 2.46. The fraction of sp³-hybridized carbons (Fsp3) is 0.600. The first-order valence-electron chi connectivity index (χ1n) is 4.54. The first-order chi connectivity index (χ1) is 6.00. The van der Waals surface area contributed by atoms with Gasteiger partial charge >= 0.3 is 0 Å².